The summed E-state index contributed by atoms with van der Waals surface area (Å²) in [7, 11) is -4.38. The van der Waals surface area contributed by atoms with Gasteiger partial charge < -0.3 is 20.1 Å². The Morgan fingerprint density at radius 3 is 1.13 bits per heavy atom. The first-order valence-electron chi connectivity index (χ1n) is 27.2. The van der Waals surface area contributed by atoms with E-state index in [-0.39, 0.29) is 38.6 Å². The molecule has 0 rings (SSSR count). The van der Waals surface area contributed by atoms with Crippen LogP contribution in [-0.4, -0.2) is 49.3 Å². The van der Waals surface area contributed by atoms with Crippen molar-refractivity contribution in [2.24, 2.45) is 5.73 Å². The lowest BCUT2D eigenvalue weighted by Crippen LogP contribution is -2.29. The highest BCUT2D eigenvalue weighted by atomic mass is 31.2. The number of ether oxygens (including phenoxy) is 2. The molecule has 0 bridgehead atoms. The van der Waals surface area contributed by atoms with Crippen molar-refractivity contribution in [1.29, 1.82) is 0 Å². The summed E-state index contributed by atoms with van der Waals surface area (Å²) in [6, 6.07) is 0. The van der Waals surface area contributed by atoms with Crippen LogP contribution in [0.3, 0.4) is 0 Å². The molecule has 9 nitrogen and oxygen atoms in total. The number of phosphoric ester groups is 1. The lowest BCUT2D eigenvalue weighted by Gasteiger charge is -2.19. The van der Waals surface area contributed by atoms with E-state index in [2.05, 4.69) is 26.0 Å². The van der Waals surface area contributed by atoms with Crippen molar-refractivity contribution in [3.63, 3.8) is 0 Å². The summed E-state index contributed by atoms with van der Waals surface area (Å²) in [5.41, 5.74) is 5.37. The molecule has 63 heavy (non-hydrogen) atoms. The second-order valence-corrected chi connectivity index (χ2v) is 19.9. The summed E-state index contributed by atoms with van der Waals surface area (Å²) in [6.45, 7) is 3.80. The minimum atomic E-state index is -4.38. The topological polar surface area (TPSA) is 134 Å². The monoisotopic (exact) mass is 914 g/mol. The number of allylic oxidation sites excluding steroid dienone is 2. The Morgan fingerprint density at radius 1 is 0.460 bits per heavy atom. The molecular formula is C53H104NO8P. The summed E-state index contributed by atoms with van der Waals surface area (Å²) >= 11 is 0. The molecule has 0 aromatic heterocycles. The van der Waals surface area contributed by atoms with Crippen molar-refractivity contribution in [3.05, 3.63) is 12.2 Å². The third-order valence-electron chi connectivity index (χ3n) is 12.2. The third kappa shape index (κ3) is 50.0. The second kappa shape index (κ2) is 50.2. The predicted molar refractivity (Wildman–Crippen MR) is 266 cm³/mol. The minimum absolute atomic E-state index is 0.0567. The molecule has 0 aliphatic rings. The van der Waals surface area contributed by atoms with Crippen LogP contribution in [0.4, 0.5) is 0 Å². The average molecular weight is 914 g/mol. The van der Waals surface area contributed by atoms with Crippen molar-refractivity contribution in [2.75, 3.05) is 26.4 Å². The number of rotatable bonds is 52. The molecule has 10 heteroatoms. The highest BCUT2D eigenvalue weighted by molar-refractivity contribution is 7.47. The Hall–Kier alpha value is -1.25. The number of unbranched alkanes of at least 4 members (excludes halogenated alkanes) is 37. The summed E-state index contributed by atoms with van der Waals surface area (Å²) in [5.74, 6) is -0.810. The maximum atomic E-state index is 12.7. The van der Waals surface area contributed by atoms with E-state index in [0.717, 1.165) is 32.1 Å². The van der Waals surface area contributed by atoms with Crippen LogP contribution < -0.4 is 5.73 Å². The second-order valence-electron chi connectivity index (χ2n) is 18.5. The third-order valence-corrected chi connectivity index (χ3v) is 13.1. The maximum absolute atomic E-state index is 12.7. The van der Waals surface area contributed by atoms with E-state index >= 15 is 0 Å². The summed E-state index contributed by atoms with van der Waals surface area (Å²) in [4.78, 5) is 35.1. The Labute approximate surface area is 389 Å². The van der Waals surface area contributed by atoms with Crippen LogP contribution in [0.15, 0.2) is 12.2 Å². The summed E-state index contributed by atoms with van der Waals surface area (Å²) in [6.07, 6.45) is 55.4. The first-order valence-corrected chi connectivity index (χ1v) is 28.7. The zero-order chi connectivity index (χ0) is 46.0. The van der Waals surface area contributed by atoms with Gasteiger partial charge in [-0.05, 0) is 38.5 Å². The fourth-order valence-electron chi connectivity index (χ4n) is 8.10. The van der Waals surface area contributed by atoms with E-state index in [0.29, 0.717) is 6.42 Å². The Kier molecular flexibility index (Phi) is 49.2. The first-order chi connectivity index (χ1) is 30.8. The van der Waals surface area contributed by atoms with Crippen LogP contribution in [0.2, 0.25) is 0 Å². The number of hydrogen-bond acceptors (Lipinski definition) is 8. The predicted octanol–water partition coefficient (Wildman–Crippen LogP) is 16.5. The van der Waals surface area contributed by atoms with Crippen LogP contribution in [0, 0.1) is 0 Å². The van der Waals surface area contributed by atoms with Gasteiger partial charge in [0.15, 0.2) is 6.10 Å². The van der Waals surface area contributed by atoms with Crippen molar-refractivity contribution in [3.8, 4) is 0 Å². The molecule has 0 aliphatic carbocycles. The number of carbonyl (C=O) groups excluding carboxylic acids is 2. The zero-order valence-electron chi connectivity index (χ0n) is 41.6. The lowest BCUT2D eigenvalue weighted by atomic mass is 10.0. The van der Waals surface area contributed by atoms with E-state index in [1.54, 1.807) is 0 Å². The molecule has 0 saturated heterocycles. The summed E-state index contributed by atoms with van der Waals surface area (Å²) in [5, 5.41) is 0. The lowest BCUT2D eigenvalue weighted by molar-refractivity contribution is -0.161. The van der Waals surface area contributed by atoms with Gasteiger partial charge in [0.1, 0.15) is 6.61 Å². The van der Waals surface area contributed by atoms with Crippen molar-refractivity contribution < 1.29 is 37.6 Å². The van der Waals surface area contributed by atoms with Gasteiger partial charge in [0, 0.05) is 19.4 Å². The Morgan fingerprint density at radius 2 is 0.778 bits per heavy atom. The molecule has 0 fully saturated rings. The van der Waals surface area contributed by atoms with Gasteiger partial charge in [0.2, 0.25) is 0 Å². The smallest absolute Gasteiger partial charge is 0.462 e. The standard InChI is InChI=1S/C53H104NO8P/c1-3-5-7-9-11-13-15-17-19-21-23-25-27-29-31-33-35-37-39-41-43-45-52(55)59-49-51(50-61-63(57,58)60-48-47-54)62-53(56)46-44-42-40-38-36-34-32-30-28-26-24-22-20-18-16-14-12-10-8-6-4-2/h18,20,51H,3-17,19,21-50,54H2,1-2H3,(H,57,58)/b20-18-/t51-/m1/s1. The normalized spacial score (nSPS) is 13.1. The summed E-state index contributed by atoms with van der Waals surface area (Å²) < 4.78 is 33.0. The molecule has 0 aromatic carbocycles. The minimum Gasteiger partial charge on any atom is -0.462 e. The number of hydrogen-bond donors (Lipinski definition) is 2. The SMILES string of the molecule is CCCCCCCC/C=C\CCCCCCCCCCCCCC(=O)O[C@H](COC(=O)CCCCCCCCCCCCCCCCCCCCCCC)COP(=O)(O)OCCN. The van der Waals surface area contributed by atoms with Crippen molar-refractivity contribution >= 4 is 19.8 Å². The number of phosphoric acid groups is 1. The molecule has 0 heterocycles. The van der Waals surface area contributed by atoms with Gasteiger partial charge in [-0.15, -0.1) is 0 Å². The van der Waals surface area contributed by atoms with Gasteiger partial charge in [0.05, 0.1) is 13.2 Å². The van der Waals surface area contributed by atoms with Gasteiger partial charge in [-0.3, -0.25) is 18.6 Å². The van der Waals surface area contributed by atoms with Gasteiger partial charge in [0.25, 0.3) is 0 Å². The fourth-order valence-corrected chi connectivity index (χ4v) is 8.87. The van der Waals surface area contributed by atoms with Gasteiger partial charge in [-0.2, -0.15) is 0 Å². The van der Waals surface area contributed by atoms with Crippen LogP contribution in [0.5, 0.6) is 0 Å². The van der Waals surface area contributed by atoms with Gasteiger partial charge in [-0.25, -0.2) is 4.57 Å². The van der Waals surface area contributed by atoms with E-state index in [1.165, 1.54) is 218 Å². The molecule has 0 aliphatic heterocycles. The molecule has 0 saturated carbocycles. The molecular weight excluding hydrogens is 810 g/mol. The zero-order valence-corrected chi connectivity index (χ0v) is 42.5. The highest BCUT2D eigenvalue weighted by Crippen LogP contribution is 2.43. The molecule has 1 unspecified atom stereocenters. The fraction of sp³-hybridized carbons (Fsp3) is 0.925. The van der Waals surface area contributed by atoms with E-state index in [1.807, 2.05) is 0 Å². The number of carbonyl (C=O) groups is 2. The highest BCUT2D eigenvalue weighted by Gasteiger charge is 2.26. The Balaban J connectivity index is 3.97. The van der Waals surface area contributed by atoms with Crippen LogP contribution >= 0.6 is 7.82 Å². The largest absolute Gasteiger partial charge is 0.472 e. The molecule has 3 N–H and O–H groups in total. The molecule has 0 radical (unpaired) electrons. The first kappa shape index (κ1) is 61.8. The van der Waals surface area contributed by atoms with Crippen LogP contribution in [-0.2, 0) is 32.7 Å². The average Bonchev–Trinajstić information content (AvgIpc) is 3.27. The quantitative estimate of drug-likeness (QED) is 0.0265. The van der Waals surface area contributed by atoms with Crippen molar-refractivity contribution in [2.45, 2.75) is 290 Å². The molecule has 0 aromatic rings. The van der Waals surface area contributed by atoms with Crippen LogP contribution in [0.1, 0.15) is 284 Å². The van der Waals surface area contributed by atoms with Gasteiger partial charge in [-0.1, -0.05) is 244 Å². The molecule has 374 valence electrons. The maximum Gasteiger partial charge on any atom is 0.472 e. The van der Waals surface area contributed by atoms with E-state index in [4.69, 9.17) is 24.3 Å². The number of nitrogens with two attached hydrogens (primary N) is 1. The molecule has 2 atom stereocenters. The van der Waals surface area contributed by atoms with E-state index < -0.39 is 26.5 Å². The number of esters is 2. The Bertz CT molecular complexity index is 1040. The van der Waals surface area contributed by atoms with Gasteiger partial charge >= 0.3 is 19.8 Å². The molecule has 0 spiro atoms. The molecule has 0 amide bonds. The van der Waals surface area contributed by atoms with E-state index in [9.17, 15) is 19.0 Å². The van der Waals surface area contributed by atoms with Crippen molar-refractivity contribution in [1.82, 2.24) is 0 Å². The van der Waals surface area contributed by atoms with Crippen LogP contribution in [0.25, 0.3) is 0 Å².